The lowest BCUT2D eigenvalue weighted by molar-refractivity contribution is -0.111. The molecule has 25 heavy (non-hydrogen) atoms. The van der Waals surface area contributed by atoms with E-state index >= 15 is 0 Å². The van der Waals surface area contributed by atoms with Crippen molar-refractivity contribution in [3.63, 3.8) is 0 Å². The summed E-state index contributed by atoms with van der Waals surface area (Å²) in [6, 6.07) is 13.5. The third-order valence-corrected chi connectivity index (χ3v) is 3.60. The van der Waals surface area contributed by atoms with Gasteiger partial charge in [-0.05, 0) is 54.6 Å². The Balaban J connectivity index is 1.67. The Morgan fingerprint density at radius 3 is 2.52 bits per heavy atom. The molecule has 0 aliphatic heterocycles. The fourth-order valence-electron chi connectivity index (χ4n) is 2.13. The molecule has 1 amide bonds. The topological polar surface area (TPSA) is 42.2 Å². The summed E-state index contributed by atoms with van der Waals surface area (Å²) in [5.41, 5.74) is 0.749. The van der Waals surface area contributed by atoms with Gasteiger partial charge in [-0.25, -0.2) is 8.78 Å². The predicted molar refractivity (Wildman–Crippen MR) is 93.2 cm³/mol. The van der Waals surface area contributed by atoms with E-state index in [2.05, 4.69) is 5.32 Å². The van der Waals surface area contributed by atoms with E-state index < -0.39 is 17.5 Å². The van der Waals surface area contributed by atoms with Crippen molar-refractivity contribution in [3.05, 3.63) is 83.1 Å². The number of halogens is 3. The van der Waals surface area contributed by atoms with Crippen molar-refractivity contribution in [2.75, 3.05) is 5.32 Å². The minimum atomic E-state index is -0.843. The molecule has 0 unspecified atom stereocenters. The summed E-state index contributed by atoms with van der Waals surface area (Å²) < 4.78 is 31.9. The summed E-state index contributed by atoms with van der Waals surface area (Å²) in [6.07, 6.45) is 2.66. The second-order valence-corrected chi connectivity index (χ2v) is 5.59. The Morgan fingerprint density at radius 2 is 1.80 bits per heavy atom. The van der Waals surface area contributed by atoms with Crippen LogP contribution >= 0.6 is 11.6 Å². The van der Waals surface area contributed by atoms with Crippen molar-refractivity contribution in [2.45, 2.75) is 0 Å². The van der Waals surface area contributed by atoms with Gasteiger partial charge in [0, 0.05) is 22.7 Å². The maximum absolute atomic E-state index is 13.5. The van der Waals surface area contributed by atoms with Crippen molar-refractivity contribution < 1.29 is 18.0 Å². The normalized spacial score (nSPS) is 11.0. The SMILES string of the molecule is O=C(C=Cc1ccc(-c2ccc(Cl)cc2)o1)Nc1ccc(F)cc1F. The van der Waals surface area contributed by atoms with Crippen LogP contribution in [0.4, 0.5) is 14.5 Å². The first-order chi connectivity index (χ1) is 12.0. The number of hydrogen-bond donors (Lipinski definition) is 1. The average Bonchev–Trinajstić information content (AvgIpc) is 3.05. The lowest BCUT2D eigenvalue weighted by Crippen LogP contribution is -2.09. The molecule has 0 bridgehead atoms. The van der Waals surface area contributed by atoms with Crippen LogP contribution in [0.5, 0.6) is 0 Å². The van der Waals surface area contributed by atoms with E-state index in [1.165, 1.54) is 12.2 Å². The Bertz CT molecular complexity index is 933. The third-order valence-electron chi connectivity index (χ3n) is 3.34. The molecule has 0 fully saturated rings. The molecular formula is C19H12ClF2NO2. The first-order valence-electron chi connectivity index (χ1n) is 7.31. The molecule has 1 heterocycles. The van der Waals surface area contributed by atoms with E-state index in [9.17, 15) is 13.6 Å². The zero-order valence-electron chi connectivity index (χ0n) is 12.8. The molecule has 2 aromatic carbocycles. The van der Waals surface area contributed by atoms with Crippen LogP contribution in [0.25, 0.3) is 17.4 Å². The van der Waals surface area contributed by atoms with E-state index in [0.717, 1.165) is 17.7 Å². The van der Waals surface area contributed by atoms with Crippen LogP contribution in [0.3, 0.4) is 0 Å². The zero-order chi connectivity index (χ0) is 17.8. The number of amides is 1. The molecular weight excluding hydrogens is 348 g/mol. The van der Waals surface area contributed by atoms with Crippen molar-refractivity contribution >= 4 is 29.3 Å². The Hall–Kier alpha value is -2.92. The van der Waals surface area contributed by atoms with Gasteiger partial charge < -0.3 is 9.73 Å². The predicted octanol–water partition coefficient (Wildman–Crippen LogP) is 5.53. The number of rotatable bonds is 4. The van der Waals surface area contributed by atoms with Gasteiger partial charge in [0.05, 0.1) is 5.69 Å². The molecule has 3 aromatic rings. The molecule has 6 heteroatoms. The fourth-order valence-corrected chi connectivity index (χ4v) is 2.26. The molecule has 0 radical (unpaired) electrons. The number of nitrogens with one attached hydrogen (secondary N) is 1. The number of carbonyl (C=O) groups is 1. The number of furan rings is 1. The third kappa shape index (κ3) is 4.33. The van der Waals surface area contributed by atoms with E-state index in [0.29, 0.717) is 22.6 Å². The number of anilines is 1. The van der Waals surface area contributed by atoms with Gasteiger partial charge in [0.2, 0.25) is 5.91 Å². The molecule has 0 atom stereocenters. The first kappa shape index (κ1) is 16.9. The van der Waals surface area contributed by atoms with Crippen LogP contribution in [-0.2, 0) is 4.79 Å². The zero-order valence-corrected chi connectivity index (χ0v) is 13.6. The van der Waals surface area contributed by atoms with Gasteiger partial charge in [-0.2, -0.15) is 0 Å². The minimum absolute atomic E-state index is 0.0997. The molecule has 0 saturated carbocycles. The summed E-state index contributed by atoms with van der Waals surface area (Å²) in [4.78, 5) is 11.8. The molecule has 1 aromatic heterocycles. The highest BCUT2D eigenvalue weighted by Gasteiger charge is 2.07. The van der Waals surface area contributed by atoms with Crippen LogP contribution in [0, 0.1) is 11.6 Å². The molecule has 3 rings (SSSR count). The maximum atomic E-state index is 13.5. The van der Waals surface area contributed by atoms with Crippen LogP contribution in [0.15, 0.2) is 65.1 Å². The molecule has 0 aliphatic rings. The monoisotopic (exact) mass is 359 g/mol. The van der Waals surface area contributed by atoms with E-state index in [-0.39, 0.29) is 5.69 Å². The largest absolute Gasteiger partial charge is 0.457 e. The van der Waals surface area contributed by atoms with Crippen molar-refractivity contribution in [2.24, 2.45) is 0 Å². The smallest absolute Gasteiger partial charge is 0.248 e. The first-order valence-corrected chi connectivity index (χ1v) is 7.69. The molecule has 0 saturated heterocycles. The average molecular weight is 360 g/mol. The highest BCUT2D eigenvalue weighted by molar-refractivity contribution is 6.30. The molecule has 126 valence electrons. The van der Waals surface area contributed by atoms with E-state index in [1.54, 1.807) is 24.3 Å². The highest BCUT2D eigenvalue weighted by atomic mass is 35.5. The van der Waals surface area contributed by atoms with Crippen LogP contribution in [0.1, 0.15) is 5.76 Å². The van der Waals surface area contributed by atoms with Crippen LogP contribution in [-0.4, -0.2) is 5.91 Å². The van der Waals surface area contributed by atoms with Gasteiger partial charge >= 0.3 is 0 Å². The molecule has 3 nitrogen and oxygen atoms in total. The summed E-state index contributed by atoms with van der Waals surface area (Å²) in [7, 11) is 0. The standard InChI is InChI=1S/C19H12ClF2NO2/c20-13-3-1-12(2-4-13)18-9-6-15(25-18)7-10-19(24)23-17-8-5-14(21)11-16(17)22/h1-11H,(H,23,24). The van der Waals surface area contributed by atoms with Crippen molar-refractivity contribution in [1.29, 1.82) is 0 Å². The minimum Gasteiger partial charge on any atom is -0.457 e. The van der Waals surface area contributed by atoms with Gasteiger partial charge in [-0.15, -0.1) is 0 Å². The Labute approximate surface area is 147 Å². The lowest BCUT2D eigenvalue weighted by atomic mass is 10.2. The van der Waals surface area contributed by atoms with E-state index in [1.807, 2.05) is 12.1 Å². The molecule has 1 N–H and O–H groups in total. The van der Waals surface area contributed by atoms with Gasteiger partial charge in [-0.1, -0.05) is 11.6 Å². The Morgan fingerprint density at radius 1 is 1.04 bits per heavy atom. The van der Waals surface area contributed by atoms with Gasteiger partial charge in [0.15, 0.2) is 0 Å². The fraction of sp³-hybridized carbons (Fsp3) is 0. The molecule has 0 aliphatic carbocycles. The van der Waals surface area contributed by atoms with Crippen molar-refractivity contribution in [1.82, 2.24) is 0 Å². The number of hydrogen-bond acceptors (Lipinski definition) is 2. The second-order valence-electron chi connectivity index (χ2n) is 5.16. The second kappa shape index (κ2) is 7.32. The summed E-state index contributed by atoms with van der Waals surface area (Å²) >= 11 is 5.84. The number of carbonyl (C=O) groups excluding carboxylic acids is 1. The Kier molecular flexibility index (Phi) is 4.95. The van der Waals surface area contributed by atoms with Crippen LogP contribution in [0.2, 0.25) is 5.02 Å². The van der Waals surface area contributed by atoms with E-state index in [4.69, 9.17) is 16.0 Å². The quantitative estimate of drug-likeness (QED) is 0.622. The van der Waals surface area contributed by atoms with Crippen molar-refractivity contribution in [3.8, 4) is 11.3 Å². The molecule has 0 spiro atoms. The lowest BCUT2D eigenvalue weighted by Gasteiger charge is -2.03. The number of benzene rings is 2. The van der Waals surface area contributed by atoms with Crippen LogP contribution < -0.4 is 5.32 Å². The van der Waals surface area contributed by atoms with Gasteiger partial charge in [0.1, 0.15) is 23.2 Å². The highest BCUT2D eigenvalue weighted by Crippen LogP contribution is 2.24. The summed E-state index contributed by atoms with van der Waals surface area (Å²) in [5, 5.41) is 2.95. The maximum Gasteiger partial charge on any atom is 0.248 e. The van der Waals surface area contributed by atoms with Gasteiger partial charge in [0.25, 0.3) is 0 Å². The van der Waals surface area contributed by atoms with Gasteiger partial charge in [-0.3, -0.25) is 4.79 Å². The summed E-state index contributed by atoms with van der Waals surface area (Å²) in [6.45, 7) is 0. The summed E-state index contributed by atoms with van der Waals surface area (Å²) in [5.74, 6) is -1.03.